The average Bonchev–Trinajstić information content (AvgIpc) is 2.61. The van der Waals surface area contributed by atoms with Crippen LogP contribution in [0.1, 0.15) is 15.9 Å². The van der Waals surface area contributed by atoms with Gasteiger partial charge in [0.05, 0.1) is 5.56 Å². The molecule has 136 valence electrons. The fourth-order valence-electron chi connectivity index (χ4n) is 2.04. The Balaban J connectivity index is 1.82. The van der Waals surface area contributed by atoms with Crippen molar-refractivity contribution in [1.29, 1.82) is 0 Å². The molecule has 0 bridgehead atoms. The summed E-state index contributed by atoms with van der Waals surface area (Å²) in [6.45, 7) is 0.862. The van der Waals surface area contributed by atoms with Crippen molar-refractivity contribution in [2.75, 3.05) is 18.5 Å². The predicted octanol–water partition coefficient (Wildman–Crippen LogP) is 2.31. The van der Waals surface area contributed by atoms with Crippen LogP contribution in [-0.2, 0) is 14.3 Å². The van der Waals surface area contributed by atoms with Crippen molar-refractivity contribution in [1.82, 2.24) is 0 Å². The van der Waals surface area contributed by atoms with Crippen LogP contribution < -0.4 is 15.8 Å². The lowest BCUT2D eigenvalue weighted by Gasteiger charge is -2.11. The van der Waals surface area contributed by atoms with Gasteiger partial charge in [0.2, 0.25) is 0 Å². The molecule has 2 aromatic carbocycles. The fourth-order valence-corrected chi connectivity index (χ4v) is 2.21. The number of primary amides is 1. The molecular weight excluding hydrogens is 360 g/mol. The summed E-state index contributed by atoms with van der Waals surface area (Å²) in [6.07, 6.45) is 0. The summed E-state index contributed by atoms with van der Waals surface area (Å²) in [5.74, 6) is -1.79. The number of nitrogens with two attached hydrogens (primary N) is 1. The molecule has 7 nitrogen and oxygen atoms in total. The number of ether oxygens (including phenoxy) is 2. The Morgan fingerprint density at radius 3 is 2.58 bits per heavy atom. The zero-order chi connectivity index (χ0) is 19.1. The van der Waals surface area contributed by atoms with Crippen LogP contribution in [0.2, 0.25) is 5.02 Å². The molecule has 0 aliphatic carbocycles. The summed E-state index contributed by atoms with van der Waals surface area (Å²) in [6, 6.07) is 11.3. The maximum atomic E-state index is 11.9. The second-order valence-electron chi connectivity index (χ2n) is 5.32. The van der Waals surface area contributed by atoms with Crippen LogP contribution in [0.5, 0.6) is 5.75 Å². The summed E-state index contributed by atoms with van der Waals surface area (Å²) in [7, 11) is 0. The molecule has 26 heavy (non-hydrogen) atoms. The molecular formula is C18H17ClN2O5. The lowest BCUT2D eigenvalue weighted by atomic mass is 10.2. The van der Waals surface area contributed by atoms with Crippen molar-refractivity contribution in [3.8, 4) is 5.75 Å². The molecule has 0 atom stereocenters. The van der Waals surface area contributed by atoms with Gasteiger partial charge in [0, 0.05) is 10.7 Å². The third-order valence-electron chi connectivity index (χ3n) is 3.34. The van der Waals surface area contributed by atoms with E-state index >= 15 is 0 Å². The number of amides is 2. The molecule has 0 saturated heterocycles. The molecule has 2 amide bonds. The number of carbonyl (C=O) groups excluding carboxylic acids is 3. The van der Waals surface area contributed by atoms with Crippen LogP contribution in [0.4, 0.5) is 5.69 Å². The minimum absolute atomic E-state index is 0.148. The molecule has 3 N–H and O–H groups in total. The highest BCUT2D eigenvalue weighted by Crippen LogP contribution is 2.20. The predicted molar refractivity (Wildman–Crippen MR) is 96.2 cm³/mol. The highest BCUT2D eigenvalue weighted by Gasteiger charge is 2.13. The number of benzene rings is 2. The Kier molecular flexibility index (Phi) is 6.57. The molecule has 0 radical (unpaired) electrons. The number of aryl methyl sites for hydroxylation is 1. The van der Waals surface area contributed by atoms with Crippen molar-refractivity contribution in [2.45, 2.75) is 6.92 Å². The minimum atomic E-state index is -0.762. The highest BCUT2D eigenvalue weighted by molar-refractivity contribution is 6.31. The smallest absolute Gasteiger partial charge is 0.344 e. The second-order valence-corrected chi connectivity index (χ2v) is 5.75. The molecule has 0 aromatic heterocycles. The van der Waals surface area contributed by atoms with Gasteiger partial charge < -0.3 is 20.5 Å². The van der Waals surface area contributed by atoms with Crippen molar-refractivity contribution in [3.63, 3.8) is 0 Å². The summed E-state index contributed by atoms with van der Waals surface area (Å²) in [5, 5.41) is 3.08. The lowest BCUT2D eigenvalue weighted by molar-refractivity contribution is -0.149. The van der Waals surface area contributed by atoms with Gasteiger partial charge in [-0.05, 0) is 36.8 Å². The highest BCUT2D eigenvalue weighted by atomic mass is 35.5. The van der Waals surface area contributed by atoms with Crippen LogP contribution in [0.3, 0.4) is 0 Å². The normalized spacial score (nSPS) is 10.1. The fraction of sp³-hybridized carbons (Fsp3) is 0.167. The number of carbonyl (C=O) groups is 3. The number of halogens is 1. The Bertz CT molecular complexity index is 838. The quantitative estimate of drug-likeness (QED) is 0.721. The van der Waals surface area contributed by atoms with Gasteiger partial charge in [-0.25, -0.2) is 4.79 Å². The van der Waals surface area contributed by atoms with E-state index in [1.54, 1.807) is 30.3 Å². The first kappa shape index (κ1) is 19.3. The van der Waals surface area contributed by atoms with Crippen molar-refractivity contribution >= 4 is 35.1 Å². The van der Waals surface area contributed by atoms with E-state index in [-0.39, 0.29) is 11.3 Å². The van der Waals surface area contributed by atoms with Crippen LogP contribution in [-0.4, -0.2) is 31.0 Å². The van der Waals surface area contributed by atoms with Gasteiger partial charge in [-0.15, -0.1) is 0 Å². The van der Waals surface area contributed by atoms with E-state index in [0.29, 0.717) is 10.7 Å². The number of hydrogen-bond donors (Lipinski definition) is 2. The molecule has 0 unspecified atom stereocenters. The zero-order valence-corrected chi connectivity index (χ0v) is 14.7. The van der Waals surface area contributed by atoms with Gasteiger partial charge in [0.15, 0.2) is 13.2 Å². The molecule has 2 rings (SSSR count). The molecule has 0 spiro atoms. The zero-order valence-electron chi connectivity index (χ0n) is 14.0. The standard InChI is InChI=1S/C18H17ClN2O5/c1-11-6-7-12(19)8-14(11)21-16(22)9-26-17(23)10-25-15-5-3-2-4-13(15)18(20)24/h2-8H,9-10H2,1H3,(H2,20,24)(H,21,22). The number of rotatable bonds is 7. The first-order valence-electron chi connectivity index (χ1n) is 7.60. The molecule has 8 heteroatoms. The number of esters is 1. The first-order chi connectivity index (χ1) is 12.4. The van der Waals surface area contributed by atoms with Crippen LogP contribution in [0.25, 0.3) is 0 Å². The van der Waals surface area contributed by atoms with Crippen LogP contribution in [0, 0.1) is 6.92 Å². The van der Waals surface area contributed by atoms with E-state index in [0.717, 1.165) is 5.56 Å². The van der Waals surface area contributed by atoms with E-state index in [9.17, 15) is 14.4 Å². The Morgan fingerprint density at radius 2 is 1.85 bits per heavy atom. The molecule has 0 saturated carbocycles. The van der Waals surface area contributed by atoms with Gasteiger partial charge in [-0.3, -0.25) is 9.59 Å². The Morgan fingerprint density at radius 1 is 1.12 bits per heavy atom. The molecule has 0 aliphatic rings. The van der Waals surface area contributed by atoms with Crippen LogP contribution in [0.15, 0.2) is 42.5 Å². The maximum Gasteiger partial charge on any atom is 0.344 e. The summed E-state index contributed by atoms with van der Waals surface area (Å²) < 4.78 is 10.1. The first-order valence-corrected chi connectivity index (χ1v) is 7.98. The van der Waals surface area contributed by atoms with E-state index in [4.69, 9.17) is 26.8 Å². The van der Waals surface area contributed by atoms with Gasteiger partial charge in [0.25, 0.3) is 11.8 Å². The van der Waals surface area contributed by atoms with Crippen molar-refractivity contribution < 1.29 is 23.9 Å². The second kappa shape index (κ2) is 8.87. The Hall–Kier alpha value is -3.06. The largest absolute Gasteiger partial charge is 0.481 e. The molecule has 0 aliphatic heterocycles. The number of hydrogen-bond acceptors (Lipinski definition) is 5. The van der Waals surface area contributed by atoms with E-state index in [1.807, 2.05) is 6.92 Å². The van der Waals surface area contributed by atoms with E-state index in [1.165, 1.54) is 12.1 Å². The molecule has 0 heterocycles. The van der Waals surface area contributed by atoms with Crippen molar-refractivity contribution in [3.05, 3.63) is 58.6 Å². The van der Waals surface area contributed by atoms with Crippen molar-refractivity contribution in [2.24, 2.45) is 5.73 Å². The SMILES string of the molecule is Cc1ccc(Cl)cc1NC(=O)COC(=O)COc1ccccc1C(N)=O. The number of para-hydroxylation sites is 1. The number of anilines is 1. The van der Waals surface area contributed by atoms with E-state index < -0.39 is 31.0 Å². The third-order valence-corrected chi connectivity index (χ3v) is 3.57. The van der Waals surface area contributed by atoms with Gasteiger partial charge in [-0.1, -0.05) is 29.8 Å². The summed E-state index contributed by atoms with van der Waals surface area (Å²) in [5.41, 5.74) is 6.72. The third kappa shape index (κ3) is 5.49. The lowest BCUT2D eigenvalue weighted by Crippen LogP contribution is -2.24. The molecule has 0 fully saturated rings. The van der Waals surface area contributed by atoms with Crippen LogP contribution >= 0.6 is 11.6 Å². The molecule has 2 aromatic rings. The Labute approximate surface area is 155 Å². The maximum absolute atomic E-state index is 11.9. The minimum Gasteiger partial charge on any atom is -0.481 e. The van der Waals surface area contributed by atoms with Gasteiger partial charge >= 0.3 is 5.97 Å². The van der Waals surface area contributed by atoms with E-state index in [2.05, 4.69) is 5.32 Å². The summed E-state index contributed by atoms with van der Waals surface area (Å²) in [4.78, 5) is 34.8. The topological polar surface area (TPSA) is 108 Å². The summed E-state index contributed by atoms with van der Waals surface area (Å²) >= 11 is 5.88. The monoisotopic (exact) mass is 376 g/mol. The van der Waals surface area contributed by atoms with Gasteiger partial charge in [-0.2, -0.15) is 0 Å². The number of nitrogens with one attached hydrogen (secondary N) is 1. The average molecular weight is 377 g/mol. The van der Waals surface area contributed by atoms with Gasteiger partial charge in [0.1, 0.15) is 5.75 Å².